The Bertz CT molecular complexity index is 407. The zero-order chi connectivity index (χ0) is 11.3. The molecule has 78 valence electrons. The van der Waals surface area contributed by atoms with E-state index in [1.54, 1.807) is 0 Å². The quantitative estimate of drug-likeness (QED) is 0.581. The van der Waals surface area contributed by atoms with Crippen molar-refractivity contribution in [3.05, 3.63) is 22.7 Å². The van der Waals surface area contributed by atoms with Crippen molar-refractivity contribution in [3.63, 3.8) is 0 Å². The molecule has 3 nitrogen and oxygen atoms in total. The Morgan fingerprint density at radius 2 is 2.33 bits per heavy atom. The largest absolute Gasteiger partial charge is 0.493 e. The van der Waals surface area contributed by atoms with Gasteiger partial charge >= 0.3 is 0 Å². The van der Waals surface area contributed by atoms with Gasteiger partial charge in [0.25, 0.3) is 0 Å². The molecule has 15 heavy (non-hydrogen) atoms. The minimum Gasteiger partial charge on any atom is -0.493 e. The molecule has 0 N–H and O–H groups in total. The lowest BCUT2D eigenvalue weighted by molar-refractivity contribution is 0.112. The maximum absolute atomic E-state index is 10.6. The van der Waals surface area contributed by atoms with Crippen LogP contribution in [-0.2, 0) is 0 Å². The van der Waals surface area contributed by atoms with Crippen LogP contribution in [0.2, 0.25) is 5.02 Å². The molecule has 0 aliphatic heterocycles. The standard InChI is InChI=1S/C11H9ClO3/c1-3-4-15-11-9(12)5-8(7-13)6-10(11)14-2/h1,5-7H,4H2,2H3. The lowest BCUT2D eigenvalue weighted by Gasteiger charge is -2.10. The normalized spacial score (nSPS) is 9.13. The molecule has 0 saturated heterocycles. The summed E-state index contributed by atoms with van der Waals surface area (Å²) < 4.78 is 10.2. The van der Waals surface area contributed by atoms with Gasteiger partial charge in [0.1, 0.15) is 12.9 Å². The van der Waals surface area contributed by atoms with Crippen LogP contribution in [0.4, 0.5) is 0 Å². The Balaban J connectivity index is 3.13. The molecule has 4 heteroatoms. The highest BCUT2D eigenvalue weighted by atomic mass is 35.5. The van der Waals surface area contributed by atoms with Crippen molar-refractivity contribution in [2.24, 2.45) is 0 Å². The molecular formula is C11H9ClO3. The fourth-order valence-electron chi connectivity index (χ4n) is 1.06. The summed E-state index contributed by atoms with van der Waals surface area (Å²) in [5.74, 6) is 3.06. The van der Waals surface area contributed by atoms with E-state index in [1.165, 1.54) is 19.2 Å². The third-order valence-electron chi connectivity index (χ3n) is 1.69. The maximum atomic E-state index is 10.6. The highest BCUT2D eigenvalue weighted by molar-refractivity contribution is 6.32. The minimum absolute atomic E-state index is 0.0938. The molecule has 0 saturated carbocycles. The van der Waals surface area contributed by atoms with Crippen molar-refractivity contribution in [1.29, 1.82) is 0 Å². The Kier molecular flexibility index (Phi) is 4.02. The third kappa shape index (κ3) is 2.64. The van der Waals surface area contributed by atoms with Gasteiger partial charge in [-0.3, -0.25) is 4.79 Å². The fraction of sp³-hybridized carbons (Fsp3) is 0.182. The van der Waals surface area contributed by atoms with Gasteiger partial charge in [-0.05, 0) is 12.1 Å². The first kappa shape index (κ1) is 11.4. The smallest absolute Gasteiger partial charge is 0.181 e. The Hall–Kier alpha value is -1.66. The SMILES string of the molecule is C#CCOc1c(Cl)cc(C=O)cc1OC. The number of terminal acetylenes is 1. The molecule has 0 radical (unpaired) electrons. The van der Waals surface area contributed by atoms with Crippen LogP contribution in [0, 0.1) is 12.3 Å². The average molecular weight is 225 g/mol. The number of benzene rings is 1. The molecule has 0 spiro atoms. The molecule has 0 aromatic heterocycles. The zero-order valence-corrected chi connectivity index (χ0v) is 8.88. The molecule has 0 heterocycles. The van der Waals surface area contributed by atoms with Crippen molar-refractivity contribution in [1.82, 2.24) is 0 Å². The van der Waals surface area contributed by atoms with Crippen LogP contribution in [0.1, 0.15) is 10.4 Å². The molecule has 0 unspecified atom stereocenters. The van der Waals surface area contributed by atoms with Crippen molar-refractivity contribution >= 4 is 17.9 Å². The van der Waals surface area contributed by atoms with Gasteiger partial charge in [0, 0.05) is 5.56 Å². The lowest BCUT2D eigenvalue weighted by atomic mass is 10.2. The number of carbonyl (C=O) groups excluding carboxylic acids is 1. The first-order chi connectivity index (χ1) is 7.22. The summed E-state index contributed by atoms with van der Waals surface area (Å²) in [6, 6.07) is 3.02. The van der Waals surface area contributed by atoms with Crippen LogP contribution in [0.3, 0.4) is 0 Å². The van der Waals surface area contributed by atoms with Gasteiger partial charge in [-0.1, -0.05) is 17.5 Å². The summed E-state index contributed by atoms with van der Waals surface area (Å²) >= 11 is 5.90. The van der Waals surface area contributed by atoms with E-state index in [-0.39, 0.29) is 6.61 Å². The summed E-state index contributed by atoms with van der Waals surface area (Å²) in [5.41, 5.74) is 0.421. The van der Waals surface area contributed by atoms with E-state index in [9.17, 15) is 4.79 Å². The number of methoxy groups -OCH3 is 1. The Morgan fingerprint density at radius 1 is 1.60 bits per heavy atom. The summed E-state index contributed by atoms with van der Waals surface area (Å²) in [5, 5.41) is 0.298. The van der Waals surface area contributed by atoms with E-state index in [4.69, 9.17) is 27.5 Å². The zero-order valence-electron chi connectivity index (χ0n) is 8.12. The maximum Gasteiger partial charge on any atom is 0.181 e. The van der Waals surface area contributed by atoms with Gasteiger partial charge in [0.2, 0.25) is 0 Å². The van der Waals surface area contributed by atoms with Crippen molar-refractivity contribution in [3.8, 4) is 23.8 Å². The van der Waals surface area contributed by atoms with Gasteiger partial charge < -0.3 is 9.47 Å². The highest BCUT2D eigenvalue weighted by Crippen LogP contribution is 2.35. The van der Waals surface area contributed by atoms with Crippen molar-refractivity contribution in [2.75, 3.05) is 13.7 Å². The number of aldehydes is 1. The number of rotatable bonds is 4. The predicted octanol–water partition coefficient (Wildman–Crippen LogP) is 2.17. The van der Waals surface area contributed by atoms with Crippen LogP contribution >= 0.6 is 11.6 Å². The Morgan fingerprint density at radius 3 is 2.87 bits per heavy atom. The lowest BCUT2D eigenvalue weighted by Crippen LogP contribution is -1.98. The molecule has 1 aromatic carbocycles. The van der Waals surface area contributed by atoms with Crippen LogP contribution < -0.4 is 9.47 Å². The first-order valence-corrected chi connectivity index (χ1v) is 4.49. The van der Waals surface area contributed by atoms with Gasteiger partial charge in [0.15, 0.2) is 11.5 Å². The summed E-state index contributed by atoms with van der Waals surface area (Å²) in [7, 11) is 1.46. The number of ether oxygens (including phenoxy) is 2. The number of carbonyl (C=O) groups is 1. The van der Waals surface area contributed by atoms with Gasteiger partial charge in [-0.25, -0.2) is 0 Å². The summed E-state index contributed by atoms with van der Waals surface area (Å²) in [6.07, 6.45) is 5.74. The number of hydrogen-bond donors (Lipinski definition) is 0. The molecule has 0 aliphatic carbocycles. The van der Waals surface area contributed by atoms with E-state index in [0.717, 1.165) is 0 Å². The second-order valence-electron chi connectivity index (χ2n) is 2.64. The van der Waals surface area contributed by atoms with Crippen LogP contribution in [-0.4, -0.2) is 20.0 Å². The fourth-order valence-corrected chi connectivity index (χ4v) is 1.34. The third-order valence-corrected chi connectivity index (χ3v) is 1.97. The van der Waals surface area contributed by atoms with Crippen LogP contribution in [0.15, 0.2) is 12.1 Å². The van der Waals surface area contributed by atoms with E-state index >= 15 is 0 Å². The van der Waals surface area contributed by atoms with Crippen LogP contribution in [0.25, 0.3) is 0 Å². The molecule has 1 aromatic rings. The Labute approximate surface area is 92.9 Å². The van der Waals surface area contributed by atoms with Crippen molar-refractivity contribution in [2.45, 2.75) is 0 Å². The van der Waals surface area contributed by atoms with Crippen LogP contribution in [0.5, 0.6) is 11.5 Å². The second kappa shape index (κ2) is 5.28. The second-order valence-corrected chi connectivity index (χ2v) is 3.05. The minimum atomic E-state index is 0.0938. The van der Waals surface area contributed by atoms with E-state index in [0.29, 0.717) is 28.4 Å². The average Bonchev–Trinajstić information content (AvgIpc) is 2.26. The molecule has 0 atom stereocenters. The van der Waals surface area contributed by atoms with E-state index in [1.807, 2.05) is 0 Å². The van der Waals surface area contributed by atoms with Crippen molar-refractivity contribution < 1.29 is 14.3 Å². The summed E-state index contributed by atoms with van der Waals surface area (Å²) in [6.45, 7) is 0.0938. The number of hydrogen-bond acceptors (Lipinski definition) is 3. The van der Waals surface area contributed by atoms with Gasteiger partial charge in [-0.2, -0.15) is 0 Å². The molecule has 1 rings (SSSR count). The molecule has 0 aliphatic rings. The highest BCUT2D eigenvalue weighted by Gasteiger charge is 2.11. The topological polar surface area (TPSA) is 35.5 Å². The molecule has 0 fully saturated rings. The molecule has 0 amide bonds. The van der Waals surface area contributed by atoms with Gasteiger partial charge in [-0.15, -0.1) is 6.42 Å². The summed E-state index contributed by atoms with van der Waals surface area (Å²) in [4.78, 5) is 10.6. The molecular weight excluding hydrogens is 216 g/mol. The van der Waals surface area contributed by atoms with E-state index < -0.39 is 0 Å². The molecule has 0 bridgehead atoms. The first-order valence-electron chi connectivity index (χ1n) is 4.12. The monoisotopic (exact) mass is 224 g/mol. The van der Waals surface area contributed by atoms with Gasteiger partial charge in [0.05, 0.1) is 12.1 Å². The van der Waals surface area contributed by atoms with E-state index in [2.05, 4.69) is 5.92 Å². The number of halogens is 1. The predicted molar refractivity (Wildman–Crippen MR) is 57.7 cm³/mol.